The van der Waals surface area contributed by atoms with Crippen LogP contribution in [0.4, 0.5) is 14.5 Å². The molecule has 1 aromatic carbocycles. The molecule has 0 spiro atoms. The minimum atomic E-state index is -2.64. The first-order chi connectivity index (χ1) is 16.3. The standard InChI is InChI=1S/C24H31F2N5O3/c1-29-21-17(30-11-8-15(9-12-30)13-16-7-10-27-14-24(16,25)26)3-2-4-18(21)31(23(29)34)19-5-6-20(32)28-22(19)33/h2-4,15-16,19,27H,5-14H2,1H3,(H,28,32,33). The smallest absolute Gasteiger partial charge is 0.329 e. The minimum Gasteiger partial charge on any atom is -0.370 e. The summed E-state index contributed by atoms with van der Waals surface area (Å²) in [6.45, 7) is 1.90. The largest absolute Gasteiger partial charge is 0.370 e. The van der Waals surface area contributed by atoms with E-state index in [4.69, 9.17) is 0 Å². The Morgan fingerprint density at radius 3 is 2.56 bits per heavy atom. The molecule has 0 aliphatic carbocycles. The van der Waals surface area contributed by atoms with Crippen molar-refractivity contribution >= 4 is 28.5 Å². The van der Waals surface area contributed by atoms with Crippen molar-refractivity contribution < 1.29 is 18.4 Å². The summed E-state index contributed by atoms with van der Waals surface area (Å²) in [5.41, 5.74) is 2.03. The highest BCUT2D eigenvalue weighted by atomic mass is 19.3. The quantitative estimate of drug-likeness (QED) is 0.662. The number of anilines is 1. The lowest BCUT2D eigenvalue weighted by atomic mass is 9.81. The number of benzene rings is 1. The van der Waals surface area contributed by atoms with Gasteiger partial charge < -0.3 is 10.2 Å². The van der Waals surface area contributed by atoms with Crippen molar-refractivity contribution in [3.63, 3.8) is 0 Å². The second-order valence-corrected chi connectivity index (χ2v) is 9.91. The van der Waals surface area contributed by atoms with Crippen LogP contribution >= 0.6 is 0 Å². The van der Waals surface area contributed by atoms with Gasteiger partial charge in [-0.15, -0.1) is 0 Å². The SMILES string of the molecule is Cn1c(=O)n(C2CCC(=O)NC2=O)c2cccc(N3CCC(CC4CCNCC4(F)F)CC3)c21. The fourth-order valence-electron chi connectivity index (χ4n) is 5.89. The number of alkyl halides is 2. The molecule has 3 fully saturated rings. The van der Waals surface area contributed by atoms with E-state index in [1.165, 1.54) is 4.57 Å². The third-order valence-electron chi connectivity index (χ3n) is 7.80. The number of aromatic nitrogens is 2. The van der Waals surface area contributed by atoms with E-state index < -0.39 is 23.8 Å². The predicted molar refractivity (Wildman–Crippen MR) is 124 cm³/mol. The zero-order chi connectivity index (χ0) is 24.0. The Bertz CT molecular complexity index is 1170. The van der Waals surface area contributed by atoms with E-state index in [9.17, 15) is 23.2 Å². The van der Waals surface area contributed by atoms with Crippen molar-refractivity contribution in [2.24, 2.45) is 18.9 Å². The molecule has 2 N–H and O–H groups in total. The summed E-state index contributed by atoms with van der Waals surface area (Å²) < 4.78 is 31.6. The normalized spacial score (nSPS) is 26.1. The number of piperidine rings is 3. The lowest BCUT2D eigenvalue weighted by Crippen LogP contribution is -2.47. The number of hydrogen-bond acceptors (Lipinski definition) is 5. The van der Waals surface area contributed by atoms with Gasteiger partial charge >= 0.3 is 5.69 Å². The number of aryl methyl sites for hydroxylation is 1. The summed E-state index contributed by atoms with van der Waals surface area (Å²) in [7, 11) is 1.70. The Kier molecular flexibility index (Phi) is 5.95. The van der Waals surface area contributed by atoms with E-state index in [1.807, 2.05) is 18.2 Å². The van der Waals surface area contributed by atoms with Crippen LogP contribution in [-0.2, 0) is 16.6 Å². The fourth-order valence-corrected chi connectivity index (χ4v) is 5.89. The number of nitrogens with zero attached hydrogens (tertiary/aromatic N) is 3. The number of hydrogen-bond donors (Lipinski definition) is 2. The van der Waals surface area contributed by atoms with Gasteiger partial charge in [0.15, 0.2) is 0 Å². The maximum atomic E-state index is 14.3. The molecule has 2 atom stereocenters. The lowest BCUT2D eigenvalue weighted by Gasteiger charge is -2.38. The maximum Gasteiger partial charge on any atom is 0.329 e. The Balaban J connectivity index is 1.37. The molecule has 3 aliphatic heterocycles. The summed E-state index contributed by atoms with van der Waals surface area (Å²) in [6, 6.07) is 4.95. The number of halogens is 2. The van der Waals surface area contributed by atoms with Gasteiger partial charge in [0.25, 0.3) is 5.92 Å². The zero-order valence-corrected chi connectivity index (χ0v) is 19.4. The lowest BCUT2D eigenvalue weighted by molar-refractivity contribution is -0.135. The highest BCUT2D eigenvalue weighted by Crippen LogP contribution is 2.38. The molecule has 4 heterocycles. The second-order valence-electron chi connectivity index (χ2n) is 9.91. The molecule has 5 rings (SSSR count). The molecular weight excluding hydrogens is 444 g/mol. The number of nitrogens with one attached hydrogen (secondary N) is 2. The summed E-state index contributed by atoms with van der Waals surface area (Å²) in [5, 5.41) is 5.13. The van der Waals surface area contributed by atoms with Gasteiger partial charge in [0.1, 0.15) is 6.04 Å². The summed E-state index contributed by atoms with van der Waals surface area (Å²) in [6.07, 6.45) is 3.22. The van der Waals surface area contributed by atoms with Crippen LogP contribution in [-0.4, -0.2) is 53.1 Å². The van der Waals surface area contributed by atoms with Crippen molar-refractivity contribution in [2.75, 3.05) is 31.1 Å². The Hall–Kier alpha value is -2.75. The molecule has 1 aromatic heterocycles. The number of para-hydroxylation sites is 1. The first-order valence-electron chi connectivity index (χ1n) is 12.1. The van der Waals surface area contributed by atoms with E-state index in [-0.39, 0.29) is 30.5 Å². The first kappa shape index (κ1) is 23.0. The highest BCUT2D eigenvalue weighted by molar-refractivity contribution is 6.00. The Morgan fingerprint density at radius 2 is 1.85 bits per heavy atom. The van der Waals surface area contributed by atoms with E-state index in [0.717, 1.165) is 37.1 Å². The number of amides is 2. The summed E-state index contributed by atoms with van der Waals surface area (Å²) in [5.74, 6) is -3.70. The predicted octanol–water partition coefficient (Wildman–Crippen LogP) is 2.17. The zero-order valence-electron chi connectivity index (χ0n) is 19.4. The Labute approximate surface area is 196 Å². The van der Waals surface area contributed by atoms with Crippen molar-refractivity contribution in [2.45, 2.75) is 50.5 Å². The van der Waals surface area contributed by atoms with Gasteiger partial charge in [0.2, 0.25) is 11.8 Å². The third kappa shape index (κ3) is 4.01. The molecule has 2 amide bonds. The summed E-state index contributed by atoms with van der Waals surface area (Å²) >= 11 is 0. The van der Waals surface area contributed by atoms with Crippen LogP contribution in [0.2, 0.25) is 0 Å². The minimum absolute atomic E-state index is 0.197. The second kappa shape index (κ2) is 8.79. The van der Waals surface area contributed by atoms with Gasteiger partial charge in [-0.05, 0) is 56.7 Å². The molecule has 10 heteroatoms. The van der Waals surface area contributed by atoms with Gasteiger partial charge in [-0.25, -0.2) is 13.6 Å². The van der Waals surface area contributed by atoms with Gasteiger partial charge in [-0.1, -0.05) is 6.07 Å². The van der Waals surface area contributed by atoms with Crippen LogP contribution < -0.4 is 21.2 Å². The van der Waals surface area contributed by atoms with E-state index in [0.29, 0.717) is 31.3 Å². The summed E-state index contributed by atoms with van der Waals surface area (Å²) in [4.78, 5) is 39.4. The molecular formula is C24H31F2N5O3. The number of imide groups is 1. The molecule has 0 saturated carbocycles. The van der Waals surface area contributed by atoms with E-state index in [2.05, 4.69) is 15.5 Å². The van der Waals surface area contributed by atoms with Crippen LogP contribution in [0.15, 0.2) is 23.0 Å². The number of rotatable bonds is 4. The van der Waals surface area contributed by atoms with Crippen molar-refractivity contribution in [3.8, 4) is 0 Å². The van der Waals surface area contributed by atoms with Crippen LogP contribution in [0.5, 0.6) is 0 Å². The first-order valence-corrected chi connectivity index (χ1v) is 12.1. The molecule has 184 valence electrons. The third-order valence-corrected chi connectivity index (χ3v) is 7.80. The highest BCUT2D eigenvalue weighted by Gasteiger charge is 2.42. The van der Waals surface area contributed by atoms with Crippen molar-refractivity contribution in [1.29, 1.82) is 0 Å². The molecule has 8 nitrogen and oxygen atoms in total. The average molecular weight is 476 g/mol. The topological polar surface area (TPSA) is 88.4 Å². The van der Waals surface area contributed by atoms with E-state index >= 15 is 0 Å². The maximum absolute atomic E-state index is 14.3. The van der Waals surface area contributed by atoms with Crippen molar-refractivity contribution in [1.82, 2.24) is 19.8 Å². The van der Waals surface area contributed by atoms with Crippen LogP contribution in [0, 0.1) is 11.8 Å². The van der Waals surface area contributed by atoms with E-state index in [1.54, 1.807) is 11.6 Å². The van der Waals surface area contributed by atoms with Gasteiger partial charge in [0, 0.05) is 32.5 Å². The number of fused-ring (bicyclic) bond motifs is 1. The van der Waals surface area contributed by atoms with Crippen LogP contribution in [0.3, 0.4) is 0 Å². The fraction of sp³-hybridized carbons (Fsp3) is 0.625. The number of carbonyl (C=O) groups is 2. The molecule has 0 bridgehead atoms. The van der Waals surface area contributed by atoms with Gasteiger partial charge in [-0.2, -0.15) is 0 Å². The van der Waals surface area contributed by atoms with Gasteiger partial charge in [0.05, 0.1) is 23.3 Å². The molecule has 34 heavy (non-hydrogen) atoms. The van der Waals surface area contributed by atoms with Crippen LogP contribution in [0.25, 0.3) is 11.0 Å². The van der Waals surface area contributed by atoms with Crippen LogP contribution in [0.1, 0.15) is 44.6 Å². The molecule has 3 aliphatic rings. The molecule has 3 saturated heterocycles. The number of imidazole rings is 1. The number of carbonyl (C=O) groups excluding carboxylic acids is 2. The monoisotopic (exact) mass is 475 g/mol. The van der Waals surface area contributed by atoms with Crippen molar-refractivity contribution in [3.05, 3.63) is 28.7 Å². The van der Waals surface area contributed by atoms with Gasteiger partial charge in [-0.3, -0.25) is 24.0 Å². The molecule has 2 aromatic rings. The molecule has 0 radical (unpaired) electrons. The molecule has 2 unspecified atom stereocenters. The average Bonchev–Trinajstić information content (AvgIpc) is 3.06. The Morgan fingerprint density at radius 1 is 1.09 bits per heavy atom.